The lowest BCUT2D eigenvalue weighted by Gasteiger charge is -2.24. The number of rotatable bonds is 3. The molecule has 0 aliphatic carbocycles. The molecule has 106 valence electrons. The van der Waals surface area contributed by atoms with Gasteiger partial charge in [-0.15, -0.1) is 0 Å². The summed E-state index contributed by atoms with van der Waals surface area (Å²) in [7, 11) is 0. The molecule has 2 amide bonds. The highest BCUT2D eigenvalue weighted by Gasteiger charge is 2.26. The zero-order chi connectivity index (χ0) is 14.9. The molecule has 5 heteroatoms. The van der Waals surface area contributed by atoms with Crippen LogP contribution < -0.4 is 11.1 Å². The summed E-state index contributed by atoms with van der Waals surface area (Å²) in [6.07, 6.45) is 0.479. The molecule has 1 heterocycles. The van der Waals surface area contributed by atoms with E-state index in [9.17, 15) is 9.59 Å². The van der Waals surface area contributed by atoms with Gasteiger partial charge in [0.2, 0.25) is 0 Å². The standard InChI is InChI=1S/C15H18N2O3/c1-9-10-6-4-5-7-11(10)20-12(9)8-15(2,3)17-14(19)13(16)18/h4-7H,8H2,1-3H3,(H2,16,18)(H,17,19). The summed E-state index contributed by atoms with van der Waals surface area (Å²) in [5.41, 5.74) is 6.19. The SMILES string of the molecule is Cc1c(CC(C)(C)NC(=O)C(N)=O)oc2ccccc12. The predicted molar refractivity (Wildman–Crippen MR) is 76.1 cm³/mol. The van der Waals surface area contributed by atoms with Gasteiger partial charge in [-0.1, -0.05) is 18.2 Å². The number of benzene rings is 1. The summed E-state index contributed by atoms with van der Waals surface area (Å²) in [6, 6.07) is 7.76. The molecule has 2 aromatic rings. The van der Waals surface area contributed by atoms with E-state index in [-0.39, 0.29) is 0 Å². The molecule has 0 saturated carbocycles. The number of primary amides is 1. The van der Waals surface area contributed by atoms with Crippen LogP contribution in [0.5, 0.6) is 0 Å². The van der Waals surface area contributed by atoms with Crippen LogP contribution in [0.3, 0.4) is 0 Å². The molecule has 2 rings (SSSR count). The second-order valence-corrected chi connectivity index (χ2v) is 5.53. The third-order valence-electron chi connectivity index (χ3n) is 3.22. The van der Waals surface area contributed by atoms with Crippen molar-refractivity contribution < 1.29 is 14.0 Å². The van der Waals surface area contributed by atoms with Crippen molar-refractivity contribution >= 4 is 22.8 Å². The molecule has 1 aromatic carbocycles. The van der Waals surface area contributed by atoms with Crippen LogP contribution in [0.1, 0.15) is 25.2 Å². The Morgan fingerprint density at radius 1 is 1.30 bits per heavy atom. The first-order valence-electron chi connectivity index (χ1n) is 6.39. The van der Waals surface area contributed by atoms with Gasteiger partial charge in [0.05, 0.1) is 0 Å². The molecule has 3 N–H and O–H groups in total. The molecule has 0 saturated heterocycles. The highest BCUT2D eigenvalue weighted by molar-refractivity contribution is 6.34. The van der Waals surface area contributed by atoms with Crippen molar-refractivity contribution in [3.63, 3.8) is 0 Å². The minimum absolute atomic E-state index is 0.479. The highest BCUT2D eigenvalue weighted by atomic mass is 16.3. The minimum Gasteiger partial charge on any atom is -0.461 e. The van der Waals surface area contributed by atoms with Gasteiger partial charge in [0.15, 0.2) is 0 Å². The first kappa shape index (κ1) is 14.1. The van der Waals surface area contributed by atoms with Crippen LogP contribution in [-0.2, 0) is 16.0 Å². The maximum Gasteiger partial charge on any atom is 0.309 e. The Labute approximate surface area is 117 Å². The summed E-state index contributed by atoms with van der Waals surface area (Å²) in [5, 5.41) is 3.66. The maximum atomic E-state index is 11.4. The number of hydrogen-bond acceptors (Lipinski definition) is 3. The van der Waals surface area contributed by atoms with Gasteiger partial charge in [0.1, 0.15) is 11.3 Å². The highest BCUT2D eigenvalue weighted by Crippen LogP contribution is 2.27. The topological polar surface area (TPSA) is 85.3 Å². The number of furan rings is 1. The molecule has 0 fully saturated rings. The van der Waals surface area contributed by atoms with Gasteiger partial charge >= 0.3 is 11.8 Å². The number of carbonyl (C=O) groups excluding carboxylic acids is 2. The molecule has 5 nitrogen and oxygen atoms in total. The van der Waals surface area contributed by atoms with Crippen molar-refractivity contribution in [1.82, 2.24) is 5.32 Å². The molecule has 0 unspecified atom stereocenters. The quantitative estimate of drug-likeness (QED) is 0.835. The fourth-order valence-corrected chi connectivity index (χ4v) is 2.21. The lowest BCUT2D eigenvalue weighted by atomic mass is 9.96. The fraction of sp³-hybridized carbons (Fsp3) is 0.333. The molecule has 0 radical (unpaired) electrons. The van der Waals surface area contributed by atoms with Crippen LogP contribution >= 0.6 is 0 Å². The Hall–Kier alpha value is -2.30. The second-order valence-electron chi connectivity index (χ2n) is 5.53. The van der Waals surface area contributed by atoms with Crippen LogP contribution in [0.4, 0.5) is 0 Å². The van der Waals surface area contributed by atoms with Gasteiger partial charge in [-0.2, -0.15) is 0 Å². The molecule has 0 aliphatic rings. The average Bonchev–Trinajstić information content (AvgIpc) is 2.65. The number of nitrogens with two attached hydrogens (primary N) is 1. The van der Waals surface area contributed by atoms with Gasteiger partial charge in [-0.3, -0.25) is 9.59 Å². The molecule has 0 spiro atoms. The lowest BCUT2D eigenvalue weighted by molar-refractivity contribution is -0.138. The van der Waals surface area contributed by atoms with E-state index in [1.807, 2.05) is 45.0 Å². The Bertz CT molecular complexity index is 671. The van der Waals surface area contributed by atoms with E-state index in [0.29, 0.717) is 6.42 Å². The van der Waals surface area contributed by atoms with Crippen molar-refractivity contribution in [2.45, 2.75) is 32.7 Å². The molecular weight excluding hydrogens is 256 g/mol. The molecular formula is C15H18N2O3. The van der Waals surface area contributed by atoms with E-state index in [4.69, 9.17) is 10.2 Å². The van der Waals surface area contributed by atoms with E-state index in [1.165, 1.54) is 0 Å². The Kier molecular flexibility index (Phi) is 3.53. The summed E-state index contributed by atoms with van der Waals surface area (Å²) in [4.78, 5) is 22.2. The summed E-state index contributed by atoms with van der Waals surface area (Å²) in [6.45, 7) is 5.62. The Balaban J connectivity index is 2.25. The van der Waals surface area contributed by atoms with Crippen molar-refractivity contribution in [2.24, 2.45) is 5.73 Å². The number of aryl methyl sites for hydroxylation is 1. The lowest BCUT2D eigenvalue weighted by Crippen LogP contribution is -2.49. The summed E-state index contributed by atoms with van der Waals surface area (Å²) < 4.78 is 5.81. The number of para-hydroxylation sites is 1. The molecule has 0 bridgehead atoms. The smallest absolute Gasteiger partial charge is 0.309 e. The molecule has 0 aliphatic heterocycles. The first-order valence-corrected chi connectivity index (χ1v) is 6.39. The largest absolute Gasteiger partial charge is 0.461 e. The van der Waals surface area contributed by atoms with Crippen LogP contribution in [-0.4, -0.2) is 17.4 Å². The fourth-order valence-electron chi connectivity index (χ4n) is 2.21. The third-order valence-corrected chi connectivity index (χ3v) is 3.22. The number of nitrogens with one attached hydrogen (secondary N) is 1. The number of hydrogen-bond donors (Lipinski definition) is 2. The van der Waals surface area contributed by atoms with Crippen LogP contribution in [0.2, 0.25) is 0 Å². The van der Waals surface area contributed by atoms with Crippen molar-refractivity contribution in [3.05, 3.63) is 35.6 Å². The Morgan fingerprint density at radius 2 is 1.95 bits per heavy atom. The molecule has 1 aromatic heterocycles. The maximum absolute atomic E-state index is 11.4. The first-order chi connectivity index (χ1) is 9.30. The van der Waals surface area contributed by atoms with Gasteiger partial charge in [-0.05, 0) is 32.4 Å². The summed E-state index contributed by atoms with van der Waals surface area (Å²) >= 11 is 0. The van der Waals surface area contributed by atoms with Gasteiger partial charge < -0.3 is 15.5 Å². The minimum atomic E-state index is -0.987. The third kappa shape index (κ3) is 2.82. The average molecular weight is 274 g/mol. The Morgan fingerprint density at radius 3 is 2.55 bits per heavy atom. The normalized spacial score (nSPS) is 11.6. The monoisotopic (exact) mass is 274 g/mol. The molecule has 20 heavy (non-hydrogen) atoms. The number of carbonyl (C=O) groups is 2. The molecule has 0 atom stereocenters. The number of amides is 2. The van der Waals surface area contributed by atoms with E-state index in [2.05, 4.69) is 5.32 Å². The van der Waals surface area contributed by atoms with Gasteiger partial charge in [0.25, 0.3) is 0 Å². The van der Waals surface area contributed by atoms with E-state index in [0.717, 1.165) is 22.3 Å². The zero-order valence-corrected chi connectivity index (χ0v) is 11.8. The predicted octanol–water partition coefficient (Wildman–Crippen LogP) is 1.66. The van der Waals surface area contributed by atoms with E-state index < -0.39 is 17.4 Å². The van der Waals surface area contributed by atoms with Crippen LogP contribution in [0.25, 0.3) is 11.0 Å². The number of fused-ring (bicyclic) bond motifs is 1. The van der Waals surface area contributed by atoms with Crippen LogP contribution in [0.15, 0.2) is 28.7 Å². The summed E-state index contributed by atoms with van der Waals surface area (Å²) in [5.74, 6) is -0.982. The van der Waals surface area contributed by atoms with Crippen molar-refractivity contribution in [2.75, 3.05) is 0 Å². The zero-order valence-electron chi connectivity index (χ0n) is 11.8. The van der Waals surface area contributed by atoms with E-state index in [1.54, 1.807) is 0 Å². The van der Waals surface area contributed by atoms with Gasteiger partial charge in [0, 0.05) is 17.3 Å². The van der Waals surface area contributed by atoms with Crippen molar-refractivity contribution in [1.29, 1.82) is 0 Å². The van der Waals surface area contributed by atoms with Crippen molar-refractivity contribution in [3.8, 4) is 0 Å². The van der Waals surface area contributed by atoms with Crippen LogP contribution in [0, 0.1) is 6.92 Å². The second kappa shape index (κ2) is 5.00. The van der Waals surface area contributed by atoms with E-state index >= 15 is 0 Å². The van der Waals surface area contributed by atoms with Gasteiger partial charge in [-0.25, -0.2) is 0 Å².